The Morgan fingerprint density at radius 2 is 1.96 bits per heavy atom. The first-order valence-electron chi connectivity index (χ1n) is 8.24. The van der Waals surface area contributed by atoms with E-state index >= 15 is 0 Å². The second kappa shape index (κ2) is 6.56. The van der Waals surface area contributed by atoms with Crippen molar-refractivity contribution < 1.29 is 13.9 Å². The standard InChI is InChI=1S/C19H16N4O4/c1-12-3-5-13(6-4-12)23-17-15(9-21-23)18(24)22(11-20-17)10-14-7-8-16(27-14)19(25)26-2/h3-9,11H,10H2,1-2H3. The van der Waals surface area contributed by atoms with E-state index in [1.54, 1.807) is 10.7 Å². The molecule has 27 heavy (non-hydrogen) atoms. The van der Waals surface area contributed by atoms with Crippen LogP contribution in [0, 0.1) is 6.92 Å². The number of methoxy groups -OCH3 is 1. The minimum Gasteiger partial charge on any atom is -0.463 e. The van der Waals surface area contributed by atoms with Gasteiger partial charge in [0.2, 0.25) is 5.76 Å². The van der Waals surface area contributed by atoms with Gasteiger partial charge in [0.1, 0.15) is 17.5 Å². The molecule has 0 saturated carbocycles. The van der Waals surface area contributed by atoms with Gasteiger partial charge in [-0.15, -0.1) is 0 Å². The Kier molecular flexibility index (Phi) is 4.08. The third-order valence-electron chi connectivity index (χ3n) is 4.21. The summed E-state index contributed by atoms with van der Waals surface area (Å²) in [5.74, 6) is -0.0344. The van der Waals surface area contributed by atoms with Crippen molar-refractivity contribution in [2.45, 2.75) is 13.5 Å². The molecule has 4 aromatic rings. The molecule has 0 radical (unpaired) electrons. The molecule has 0 saturated heterocycles. The van der Waals surface area contributed by atoms with E-state index in [0.717, 1.165) is 11.3 Å². The van der Waals surface area contributed by atoms with Crippen LogP contribution >= 0.6 is 0 Å². The predicted octanol–water partition coefficient (Wildman–Crippen LogP) is 2.32. The quantitative estimate of drug-likeness (QED) is 0.516. The summed E-state index contributed by atoms with van der Waals surface area (Å²) in [4.78, 5) is 28.6. The van der Waals surface area contributed by atoms with Crippen LogP contribution in [-0.4, -0.2) is 32.4 Å². The Morgan fingerprint density at radius 3 is 2.70 bits per heavy atom. The van der Waals surface area contributed by atoms with Crippen molar-refractivity contribution in [2.24, 2.45) is 0 Å². The molecule has 0 atom stereocenters. The zero-order chi connectivity index (χ0) is 19.0. The maximum atomic E-state index is 12.8. The van der Waals surface area contributed by atoms with E-state index < -0.39 is 5.97 Å². The van der Waals surface area contributed by atoms with Gasteiger partial charge in [-0.1, -0.05) is 17.7 Å². The molecule has 136 valence electrons. The minimum absolute atomic E-state index is 0.0850. The van der Waals surface area contributed by atoms with Crippen LogP contribution in [0.2, 0.25) is 0 Å². The highest BCUT2D eigenvalue weighted by Gasteiger charge is 2.14. The van der Waals surface area contributed by atoms with E-state index in [4.69, 9.17) is 4.42 Å². The van der Waals surface area contributed by atoms with Crippen molar-refractivity contribution in [1.82, 2.24) is 19.3 Å². The molecule has 1 aromatic carbocycles. The van der Waals surface area contributed by atoms with Gasteiger partial charge in [0.25, 0.3) is 5.56 Å². The van der Waals surface area contributed by atoms with E-state index in [2.05, 4.69) is 14.8 Å². The van der Waals surface area contributed by atoms with E-state index in [1.165, 1.54) is 30.3 Å². The topological polar surface area (TPSA) is 92.2 Å². The Hall–Kier alpha value is -3.68. The first-order chi connectivity index (χ1) is 13.1. The van der Waals surface area contributed by atoms with Crippen LogP contribution in [0.3, 0.4) is 0 Å². The van der Waals surface area contributed by atoms with Gasteiger partial charge in [-0.3, -0.25) is 9.36 Å². The Bertz CT molecular complexity index is 1180. The fraction of sp³-hybridized carbons (Fsp3) is 0.158. The Balaban J connectivity index is 1.69. The molecule has 3 heterocycles. The number of ether oxygens (including phenoxy) is 1. The van der Waals surface area contributed by atoms with Crippen LogP contribution < -0.4 is 5.56 Å². The number of aryl methyl sites for hydroxylation is 1. The van der Waals surface area contributed by atoms with Crippen molar-refractivity contribution in [3.05, 3.63) is 76.4 Å². The molecular weight excluding hydrogens is 348 g/mol. The van der Waals surface area contributed by atoms with Crippen LogP contribution in [0.15, 0.2) is 58.1 Å². The monoisotopic (exact) mass is 364 g/mol. The molecule has 4 rings (SSSR count). The highest BCUT2D eigenvalue weighted by molar-refractivity contribution is 5.86. The smallest absolute Gasteiger partial charge is 0.373 e. The van der Waals surface area contributed by atoms with Gasteiger partial charge in [0.15, 0.2) is 5.65 Å². The third kappa shape index (κ3) is 3.01. The highest BCUT2D eigenvalue weighted by Crippen LogP contribution is 2.15. The number of nitrogens with zero attached hydrogens (tertiary/aromatic N) is 4. The molecule has 0 spiro atoms. The molecule has 0 aliphatic carbocycles. The van der Waals surface area contributed by atoms with Gasteiger partial charge >= 0.3 is 5.97 Å². The lowest BCUT2D eigenvalue weighted by molar-refractivity contribution is 0.0563. The van der Waals surface area contributed by atoms with Crippen LogP contribution in [0.25, 0.3) is 16.7 Å². The number of benzene rings is 1. The lowest BCUT2D eigenvalue weighted by Gasteiger charge is -2.05. The second-order valence-corrected chi connectivity index (χ2v) is 6.06. The van der Waals surface area contributed by atoms with E-state index in [9.17, 15) is 9.59 Å². The van der Waals surface area contributed by atoms with Crippen molar-refractivity contribution in [2.75, 3.05) is 7.11 Å². The molecule has 8 nitrogen and oxygen atoms in total. The zero-order valence-corrected chi connectivity index (χ0v) is 14.7. The number of rotatable bonds is 4. The molecular formula is C19H16N4O4. The van der Waals surface area contributed by atoms with Crippen LogP contribution in [0.5, 0.6) is 0 Å². The maximum Gasteiger partial charge on any atom is 0.373 e. The number of aromatic nitrogens is 4. The Morgan fingerprint density at radius 1 is 1.19 bits per heavy atom. The van der Waals surface area contributed by atoms with Gasteiger partial charge in [0, 0.05) is 0 Å². The summed E-state index contributed by atoms with van der Waals surface area (Å²) >= 11 is 0. The number of hydrogen-bond donors (Lipinski definition) is 0. The number of carbonyl (C=O) groups excluding carboxylic acids is 1. The molecule has 0 fully saturated rings. The van der Waals surface area contributed by atoms with E-state index in [0.29, 0.717) is 16.8 Å². The first-order valence-corrected chi connectivity index (χ1v) is 8.24. The van der Waals surface area contributed by atoms with Crippen molar-refractivity contribution in [3.8, 4) is 5.69 Å². The molecule has 0 aliphatic heterocycles. The lowest BCUT2D eigenvalue weighted by Crippen LogP contribution is -2.20. The summed E-state index contributed by atoms with van der Waals surface area (Å²) in [5.41, 5.74) is 2.20. The van der Waals surface area contributed by atoms with Gasteiger partial charge in [-0.2, -0.15) is 5.10 Å². The number of hydrogen-bond acceptors (Lipinski definition) is 6. The molecule has 0 bridgehead atoms. The highest BCUT2D eigenvalue weighted by atomic mass is 16.5. The number of furan rings is 1. The van der Waals surface area contributed by atoms with E-state index in [-0.39, 0.29) is 17.9 Å². The molecule has 3 aromatic heterocycles. The van der Waals surface area contributed by atoms with Gasteiger partial charge in [-0.25, -0.2) is 14.5 Å². The largest absolute Gasteiger partial charge is 0.463 e. The summed E-state index contributed by atoms with van der Waals surface area (Å²) in [6.07, 6.45) is 2.94. The molecule has 0 aliphatic rings. The summed E-state index contributed by atoms with van der Waals surface area (Å²) in [5, 5.41) is 4.70. The number of esters is 1. The average molecular weight is 364 g/mol. The summed E-state index contributed by atoms with van der Waals surface area (Å²) < 4.78 is 13.1. The third-order valence-corrected chi connectivity index (χ3v) is 4.21. The molecule has 8 heteroatoms. The second-order valence-electron chi connectivity index (χ2n) is 6.06. The fourth-order valence-corrected chi connectivity index (χ4v) is 2.78. The van der Waals surface area contributed by atoms with Gasteiger partial charge in [0.05, 0.1) is 25.5 Å². The van der Waals surface area contributed by atoms with E-state index in [1.807, 2.05) is 31.2 Å². The minimum atomic E-state index is -0.568. The van der Waals surface area contributed by atoms with Gasteiger partial charge in [-0.05, 0) is 31.2 Å². The average Bonchev–Trinajstić information content (AvgIpc) is 3.31. The summed E-state index contributed by atoms with van der Waals surface area (Å²) in [6, 6.07) is 10.9. The van der Waals surface area contributed by atoms with Crippen molar-refractivity contribution >= 4 is 17.0 Å². The number of carbonyl (C=O) groups is 1. The predicted molar refractivity (Wildman–Crippen MR) is 97.0 cm³/mol. The maximum absolute atomic E-state index is 12.8. The number of fused-ring (bicyclic) bond motifs is 1. The van der Waals surface area contributed by atoms with Crippen LogP contribution in [0.4, 0.5) is 0 Å². The van der Waals surface area contributed by atoms with Gasteiger partial charge < -0.3 is 9.15 Å². The fourth-order valence-electron chi connectivity index (χ4n) is 2.78. The normalized spacial score (nSPS) is 11.0. The van der Waals surface area contributed by atoms with Crippen molar-refractivity contribution in [1.29, 1.82) is 0 Å². The molecule has 0 amide bonds. The Labute approximate surface area is 153 Å². The first kappa shape index (κ1) is 16.8. The van der Waals surface area contributed by atoms with Crippen LogP contribution in [0.1, 0.15) is 21.9 Å². The SMILES string of the molecule is COC(=O)c1ccc(Cn2cnc3c(cnn3-c3ccc(C)cc3)c2=O)o1. The molecule has 0 unspecified atom stereocenters. The zero-order valence-electron chi connectivity index (χ0n) is 14.7. The summed E-state index contributed by atoms with van der Waals surface area (Å²) in [6.45, 7) is 2.15. The van der Waals surface area contributed by atoms with Crippen LogP contribution in [-0.2, 0) is 11.3 Å². The summed E-state index contributed by atoms with van der Waals surface area (Å²) in [7, 11) is 1.28. The lowest BCUT2D eigenvalue weighted by atomic mass is 10.2. The molecule has 0 N–H and O–H groups in total. The van der Waals surface area contributed by atoms with Crippen molar-refractivity contribution in [3.63, 3.8) is 0 Å².